The second kappa shape index (κ2) is 9.94. The summed E-state index contributed by atoms with van der Waals surface area (Å²) in [5.41, 5.74) is 1.35. The van der Waals surface area contributed by atoms with Crippen molar-refractivity contribution >= 4 is 5.91 Å². The largest absolute Gasteiger partial charge is 0.479 e. The fraction of sp³-hybridized carbons (Fsp3) is 0.304. The smallest absolute Gasteiger partial charge is 0.272 e. The van der Waals surface area contributed by atoms with E-state index in [9.17, 15) is 9.59 Å². The predicted octanol–water partition coefficient (Wildman–Crippen LogP) is 2.43. The van der Waals surface area contributed by atoms with Crippen molar-refractivity contribution in [2.45, 2.75) is 25.4 Å². The maximum atomic E-state index is 12.4. The average Bonchev–Trinajstić information content (AvgIpc) is 3.48. The number of hydrogen-bond donors (Lipinski definition) is 2. The van der Waals surface area contributed by atoms with Gasteiger partial charge in [0.05, 0.1) is 17.2 Å². The third-order valence-corrected chi connectivity index (χ3v) is 5.23. The molecule has 1 aliphatic heterocycles. The number of carbonyl (C=O) groups excluding carboxylic acids is 1. The zero-order valence-corrected chi connectivity index (χ0v) is 17.4. The van der Waals surface area contributed by atoms with Crippen LogP contribution in [0.1, 0.15) is 29.6 Å². The number of benzene rings is 1. The summed E-state index contributed by atoms with van der Waals surface area (Å²) < 4.78 is 12.3. The van der Waals surface area contributed by atoms with Crippen LogP contribution in [0.5, 0.6) is 5.75 Å². The molecule has 3 heterocycles. The van der Waals surface area contributed by atoms with Gasteiger partial charge in [0.2, 0.25) is 0 Å². The number of pyridine rings is 1. The van der Waals surface area contributed by atoms with Crippen LogP contribution >= 0.6 is 0 Å². The van der Waals surface area contributed by atoms with Crippen LogP contribution in [0.25, 0.3) is 16.9 Å². The van der Waals surface area contributed by atoms with Gasteiger partial charge < -0.3 is 14.8 Å². The molecule has 0 saturated carbocycles. The second-order valence-corrected chi connectivity index (χ2v) is 7.41. The molecule has 0 radical (unpaired) electrons. The average molecular weight is 433 g/mol. The van der Waals surface area contributed by atoms with Crippen molar-refractivity contribution in [1.82, 2.24) is 20.1 Å². The highest BCUT2D eigenvalue weighted by atomic mass is 16.5. The van der Waals surface area contributed by atoms with E-state index in [2.05, 4.69) is 15.4 Å². The van der Waals surface area contributed by atoms with Gasteiger partial charge in [-0.15, -0.1) is 0 Å². The number of amides is 1. The molecule has 1 fully saturated rings. The van der Waals surface area contributed by atoms with E-state index in [1.54, 1.807) is 42.6 Å². The lowest BCUT2D eigenvalue weighted by atomic mass is 10.1. The quantitative estimate of drug-likeness (QED) is 0.563. The number of carbonyl (C=O) groups is 1. The first-order valence-electron chi connectivity index (χ1n) is 10.4. The zero-order chi connectivity index (χ0) is 22.3. The van der Waals surface area contributed by atoms with Crippen LogP contribution in [0.4, 0.5) is 0 Å². The SMILES string of the molecule is N#CCOc1ccc(-c2cn(-c3ccc(C(=O)NCCC4CCCO4)cn3)[nH]c2=O)cc1. The minimum Gasteiger partial charge on any atom is -0.479 e. The number of H-pyrrole nitrogens is 1. The van der Waals surface area contributed by atoms with Gasteiger partial charge in [0, 0.05) is 25.5 Å². The lowest BCUT2D eigenvalue weighted by Crippen LogP contribution is -2.27. The van der Waals surface area contributed by atoms with Gasteiger partial charge in [-0.25, -0.2) is 9.67 Å². The van der Waals surface area contributed by atoms with Gasteiger partial charge in [-0.2, -0.15) is 5.26 Å². The van der Waals surface area contributed by atoms with Gasteiger partial charge in [0.25, 0.3) is 11.5 Å². The van der Waals surface area contributed by atoms with Gasteiger partial charge in [0.1, 0.15) is 11.8 Å². The fourth-order valence-electron chi connectivity index (χ4n) is 3.55. The molecular weight excluding hydrogens is 410 g/mol. The summed E-state index contributed by atoms with van der Waals surface area (Å²) in [7, 11) is 0. The third-order valence-electron chi connectivity index (χ3n) is 5.23. The van der Waals surface area contributed by atoms with Gasteiger partial charge in [-0.05, 0) is 49.1 Å². The number of rotatable bonds is 8. The van der Waals surface area contributed by atoms with Crippen molar-refractivity contribution in [3.05, 3.63) is 64.7 Å². The highest BCUT2D eigenvalue weighted by Gasteiger charge is 2.16. The Morgan fingerprint density at radius 2 is 2.16 bits per heavy atom. The summed E-state index contributed by atoms with van der Waals surface area (Å²) in [5, 5.41) is 14.2. The first kappa shape index (κ1) is 21.3. The third kappa shape index (κ3) is 5.04. The van der Waals surface area contributed by atoms with Gasteiger partial charge >= 0.3 is 0 Å². The molecule has 1 aromatic carbocycles. The van der Waals surface area contributed by atoms with Crippen molar-refractivity contribution in [3.8, 4) is 28.8 Å². The minimum absolute atomic E-state index is 0.0368. The predicted molar refractivity (Wildman–Crippen MR) is 117 cm³/mol. The molecule has 164 valence electrons. The Labute approximate surface area is 184 Å². The molecule has 4 rings (SSSR count). The molecule has 1 saturated heterocycles. The molecule has 32 heavy (non-hydrogen) atoms. The Morgan fingerprint density at radius 1 is 1.31 bits per heavy atom. The van der Waals surface area contributed by atoms with E-state index in [-0.39, 0.29) is 24.2 Å². The lowest BCUT2D eigenvalue weighted by Gasteiger charge is -2.10. The molecule has 1 aliphatic rings. The van der Waals surface area contributed by atoms with E-state index in [1.807, 2.05) is 6.07 Å². The number of nitrogens with zero attached hydrogens (tertiary/aromatic N) is 3. The van der Waals surface area contributed by atoms with E-state index in [4.69, 9.17) is 14.7 Å². The number of aromatic amines is 1. The zero-order valence-electron chi connectivity index (χ0n) is 17.4. The van der Waals surface area contributed by atoms with Crippen LogP contribution in [0.15, 0.2) is 53.6 Å². The Bertz CT molecular complexity index is 1150. The number of ether oxygens (including phenoxy) is 2. The van der Waals surface area contributed by atoms with E-state index < -0.39 is 0 Å². The molecule has 0 bridgehead atoms. The number of nitriles is 1. The molecule has 9 heteroatoms. The van der Waals surface area contributed by atoms with Gasteiger partial charge in [-0.3, -0.25) is 14.7 Å². The molecule has 2 N–H and O–H groups in total. The Balaban J connectivity index is 1.40. The normalized spacial score (nSPS) is 15.3. The molecule has 0 aliphatic carbocycles. The van der Waals surface area contributed by atoms with Gasteiger partial charge in [0.15, 0.2) is 12.4 Å². The minimum atomic E-state index is -0.270. The van der Waals surface area contributed by atoms with Crippen LogP contribution in [0.2, 0.25) is 0 Å². The number of aromatic nitrogens is 3. The Morgan fingerprint density at radius 3 is 2.84 bits per heavy atom. The summed E-state index contributed by atoms with van der Waals surface area (Å²) in [6, 6.07) is 12.2. The molecule has 1 atom stereocenters. The molecular formula is C23H23N5O4. The molecule has 9 nitrogen and oxygen atoms in total. The maximum absolute atomic E-state index is 12.4. The monoisotopic (exact) mass is 433 g/mol. The van der Waals surface area contributed by atoms with Crippen LogP contribution in [0, 0.1) is 11.3 Å². The van der Waals surface area contributed by atoms with Crippen molar-refractivity contribution < 1.29 is 14.3 Å². The first-order chi connectivity index (χ1) is 15.6. The molecule has 1 unspecified atom stereocenters. The summed E-state index contributed by atoms with van der Waals surface area (Å²) in [5.74, 6) is 0.845. The number of nitrogens with one attached hydrogen (secondary N) is 2. The highest BCUT2D eigenvalue weighted by Crippen LogP contribution is 2.20. The molecule has 1 amide bonds. The summed E-state index contributed by atoms with van der Waals surface area (Å²) >= 11 is 0. The second-order valence-electron chi connectivity index (χ2n) is 7.41. The molecule has 2 aromatic heterocycles. The van der Waals surface area contributed by atoms with Crippen molar-refractivity contribution in [1.29, 1.82) is 5.26 Å². The van der Waals surface area contributed by atoms with E-state index in [0.29, 0.717) is 34.8 Å². The number of hydrogen-bond acceptors (Lipinski definition) is 6. The summed E-state index contributed by atoms with van der Waals surface area (Å²) in [6.45, 7) is 1.32. The van der Waals surface area contributed by atoms with Crippen molar-refractivity contribution in [2.24, 2.45) is 0 Å². The topological polar surface area (TPSA) is 122 Å². The van der Waals surface area contributed by atoms with Crippen LogP contribution < -0.4 is 15.6 Å². The standard InChI is InChI=1S/C23H23N5O4/c24-10-13-32-19-6-3-16(4-7-19)20-15-28(27-23(20)30)21-8-5-17(14-26-21)22(29)25-11-9-18-2-1-12-31-18/h3-8,14-15,18H,1-2,9,11-13H2,(H,25,29)(H,27,30). The first-order valence-corrected chi connectivity index (χ1v) is 10.4. The highest BCUT2D eigenvalue weighted by molar-refractivity contribution is 5.93. The van der Waals surface area contributed by atoms with Crippen LogP contribution in [0.3, 0.4) is 0 Å². The van der Waals surface area contributed by atoms with E-state index >= 15 is 0 Å². The van der Waals surface area contributed by atoms with Crippen molar-refractivity contribution in [2.75, 3.05) is 19.8 Å². The fourth-order valence-corrected chi connectivity index (χ4v) is 3.55. The van der Waals surface area contributed by atoms with Crippen LogP contribution in [-0.2, 0) is 4.74 Å². The van der Waals surface area contributed by atoms with Gasteiger partial charge in [-0.1, -0.05) is 12.1 Å². The van der Waals surface area contributed by atoms with Crippen LogP contribution in [-0.4, -0.2) is 46.5 Å². The maximum Gasteiger partial charge on any atom is 0.272 e. The van der Waals surface area contributed by atoms with E-state index in [1.165, 1.54) is 10.9 Å². The Kier molecular flexibility index (Phi) is 6.63. The van der Waals surface area contributed by atoms with Crippen molar-refractivity contribution in [3.63, 3.8) is 0 Å². The Hall–Kier alpha value is -3.90. The van der Waals surface area contributed by atoms with E-state index in [0.717, 1.165) is 25.9 Å². The molecule has 3 aromatic rings. The summed E-state index contributed by atoms with van der Waals surface area (Å²) in [4.78, 5) is 29.0. The summed E-state index contributed by atoms with van der Waals surface area (Å²) in [6.07, 6.45) is 6.29. The lowest BCUT2D eigenvalue weighted by molar-refractivity contribution is 0.0907. The molecule has 0 spiro atoms.